The Morgan fingerprint density at radius 1 is 0.531 bits per heavy atom. The molecule has 0 heterocycles. The van der Waals surface area contributed by atoms with Crippen LogP contribution in [0.1, 0.15) is 41.5 Å². The van der Waals surface area contributed by atoms with Crippen LogP contribution in [0.3, 0.4) is 0 Å². The molecular formula is C26H40O4P2. The zero-order chi connectivity index (χ0) is 23.9. The third-order valence-corrected chi connectivity index (χ3v) is 21.3. The summed E-state index contributed by atoms with van der Waals surface area (Å²) in [5.41, 5.74) is 0. The molecule has 0 fully saturated rings. The molecule has 0 aliphatic heterocycles. The second-order valence-corrected chi connectivity index (χ2v) is 20.3. The van der Waals surface area contributed by atoms with E-state index >= 15 is 0 Å². The van der Waals surface area contributed by atoms with Crippen LogP contribution in [0.2, 0.25) is 0 Å². The van der Waals surface area contributed by atoms with Crippen LogP contribution >= 0.6 is 13.7 Å². The number of carbonyl (C=O) groups is 2. The molecule has 0 spiro atoms. The average Bonchev–Trinajstić information content (AvgIpc) is 2.87. The number of carbonyl (C=O) groups excluding carboxylic acids is 2. The van der Waals surface area contributed by atoms with Gasteiger partial charge in [0.1, 0.15) is 0 Å². The molecule has 178 valence electrons. The van der Waals surface area contributed by atoms with Gasteiger partial charge in [-0.25, -0.2) is 0 Å². The van der Waals surface area contributed by atoms with Crippen LogP contribution in [0.4, 0.5) is 0 Å². The molecule has 2 rings (SSSR count). The van der Waals surface area contributed by atoms with Crippen LogP contribution in [0.5, 0.6) is 0 Å². The van der Waals surface area contributed by atoms with E-state index in [0.29, 0.717) is 37.0 Å². The predicted octanol–water partition coefficient (Wildman–Crippen LogP) is 5.78. The van der Waals surface area contributed by atoms with E-state index in [-0.39, 0.29) is 0 Å². The first-order valence-electron chi connectivity index (χ1n) is 11.8. The molecule has 0 aliphatic carbocycles. The first-order chi connectivity index (χ1) is 15.2. The van der Waals surface area contributed by atoms with Crippen molar-refractivity contribution in [3.05, 3.63) is 60.7 Å². The number of benzene rings is 2. The van der Waals surface area contributed by atoms with Gasteiger partial charge in [0.05, 0.1) is 0 Å². The van der Waals surface area contributed by atoms with Gasteiger partial charge < -0.3 is 0 Å². The van der Waals surface area contributed by atoms with Crippen molar-refractivity contribution in [2.24, 2.45) is 0 Å². The van der Waals surface area contributed by atoms with Crippen molar-refractivity contribution < 1.29 is 18.6 Å². The maximum absolute atomic E-state index is 13.4. The number of hydrogen-bond donors (Lipinski definition) is 0. The average molecular weight is 479 g/mol. The summed E-state index contributed by atoms with van der Waals surface area (Å²) in [6, 6.07) is 19.9. The zero-order valence-electron chi connectivity index (χ0n) is 20.5. The number of rotatable bonds is 10. The molecule has 32 heavy (non-hydrogen) atoms. The van der Waals surface area contributed by atoms with Gasteiger partial charge in [0.15, 0.2) is 0 Å². The van der Waals surface area contributed by atoms with Crippen molar-refractivity contribution in [3.63, 3.8) is 0 Å². The molecule has 0 saturated carbocycles. The summed E-state index contributed by atoms with van der Waals surface area (Å²) in [6.45, 7) is 6.13. The minimum absolute atomic E-state index is 0.694. The van der Waals surface area contributed by atoms with Crippen LogP contribution in [-0.2, 0) is 18.6 Å². The fourth-order valence-corrected chi connectivity index (χ4v) is 13.8. The second kappa shape index (κ2) is 10.0. The molecule has 2 aromatic rings. The van der Waals surface area contributed by atoms with Crippen molar-refractivity contribution in [1.82, 2.24) is 0 Å². The Hall–Kier alpha value is -1.76. The predicted molar refractivity (Wildman–Crippen MR) is 141 cm³/mol. The fourth-order valence-electron chi connectivity index (χ4n) is 5.05. The molecule has 2 aromatic carbocycles. The molecule has 0 unspecified atom stereocenters. The van der Waals surface area contributed by atoms with Gasteiger partial charge in [-0.2, -0.15) is 0 Å². The van der Waals surface area contributed by atoms with Gasteiger partial charge in [0, 0.05) is 0 Å². The van der Waals surface area contributed by atoms with E-state index in [0.717, 1.165) is 10.6 Å². The van der Waals surface area contributed by atoms with Crippen LogP contribution in [0, 0.1) is 0 Å². The summed E-state index contributed by atoms with van der Waals surface area (Å²) < 4.78 is 12.6. The molecule has 0 N–H and O–H groups in total. The molecule has 6 heteroatoms. The molecule has 0 bridgehead atoms. The Labute approximate surface area is 194 Å². The molecule has 0 aliphatic rings. The Bertz CT molecular complexity index is 820. The van der Waals surface area contributed by atoms with Crippen LogP contribution in [-0.4, -0.2) is 48.9 Å². The standard InChI is InChI=1S/C26H40O4P2/c1-7-31(8-2,9-3,23-19-15-13-16-20-23)29-25(27)26(28)30-32(10-4,11-5,12-6)24-21-17-14-18-22-24/h13-22H,7-12H2,1-6H3. The minimum atomic E-state index is -3.11. The monoisotopic (exact) mass is 478 g/mol. The summed E-state index contributed by atoms with van der Waals surface area (Å²) >= 11 is 0. The van der Waals surface area contributed by atoms with Gasteiger partial charge in [-0.3, -0.25) is 0 Å². The molecule has 0 amide bonds. The van der Waals surface area contributed by atoms with E-state index in [1.54, 1.807) is 0 Å². The van der Waals surface area contributed by atoms with Gasteiger partial charge in [0.25, 0.3) is 0 Å². The quantitative estimate of drug-likeness (QED) is 0.321. The second-order valence-electron chi connectivity index (χ2n) is 8.57. The Morgan fingerprint density at radius 3 is 1.00 bits per heavy atom. The van der Waals surface area contributed by atoms with Crippen molar-refractivity contribution in [3.8, 4) is 0 Å². The van der Waals surface area contributed by atoms with Gasteiger partial charge >= 0.3 is 194 Å². The summed E-state index contributed by atoms with van der Waals surface area (Å²) in [5.74, 6) is -1.70. The van der Waals surface area contributed by atoms with E-state index in [9.17, 15) is 9.59 Å². The van der Waals surface area contributed by atoms with E-state index < -0.39 is 25.6 Å². The van der Waals surface area contributed by atoms with Crippen LogP contribution in [0.15, 0.2) is 60.7 Å². The van der Waals surface area contributed by atoms with Crippen LogP contribution < -0.4 is 10.6 Å². The molecule has 0 aromatic heterocycles. The van der Waals surface area contributed by atoms with Gasteiger partial charge in [-0.05, 0) is 0 Å². The van der Waals surface area contributed by atoms with E-state index in [1.165, 1.54) is 0 Å². The van der Waals surface area contributed by atoms with Gasteiger partial charge in [-0.1, -0.05) is 0 Å². The van der Waals surface area contributed by atoms with Crippen molar-refractivity contribution >= 4 is 36.2 Å². The van der Waals surface area contributed by atoms with E-state index in [2.05, 4.69) is 41.5 Å². The zero-order valence-corrected chi connectivity index (χ0v) is 22.3. The van der Waals surface area contributed by atoms with Crippen LogP contribution in [0.25, 0.3) is 0 Å². The Morgan fingerprint density at radius 2 is 0.781 bits per heavy atom. The SMILES string of the molecule is CCP(CC)(CC)(OC(=O)C(=O)OP(CC)(CC)(CC)c1ccccc1)c1ccccc1. The Balaban J connectivity index is 2.49. The van der Waals surface area contributed by atoms with Crippen molar-refractivity contribution in [2.45, 2.75) is 41.5 Å². The summed E-state index contributed by atoms with van der Waals surface area (Å²) in [7, 11) is 0. The maximum atomic E-state index is 13.4. The topological polar surface area (TPSA) is 52.6 Å². The molecular weight excluding hydrogens is 438 g/mol. The van der Waals surface area contributed by atoms with E-state index in [1.807, 2.05) is 60.7 Å². The van der Waals surface area contributed by atoms with Crippen molar-refractivity contribution in [2.75, 3.05) is 37.0 Å². The Kier molecular flexibility index (Phi) is 8.30. The third kappa shape index (κ3) is 4.25. The van der Waals surface area contributed by atoms with E-state index in [4.69, 9.17) is 9.05 Å². The van der Waals surface area contributed by atoms with Gasteiger partial charge in [-0.15, -0.1) is 0 Å². The molecule has 0 atom stereocenters. The summed E-state index contributed by atoms with van der Waals surface area (Å²) in [4.78, 5) is 26.7. The third-order valence-electron chi connectivity index (χ3n) is 8.04. The summed E-state index contributed by atoms with van der Waals surface area (Å²) in [6.07, 6.45) is 4.16. The molecule has 0 saturated heterocycles. The van der Waals surface area contributed by atoms with Crippen molar-refractivity contribution in [1.29, 1.82) is 0 Å². The molecule has 0 radical (unpaired) electrons. The normalized spacial score (nSPS) is 14.4. The first-order valence-corrected chi connectivity index (χ1v) is 17.3. The molecule has 4 nitrogen and oxygen atoms in total. The van der Waals surface area contributed by atoms with Gasteiger partial charge in [0.2, 0.25) is 0 Å². The summed E-state index contributed by atoms with van der Waals surface area (Å²) in [5, 5.41) is 2.07. The number of hydrogen-bond acceptors (Lipinski definition) is 4. The first kappa shape index (κ1) is 26.5. The fraction of sp³-hybridized carbons (Fsp3) is 0.462.